The van der Waals surface area contributed by atoms with Gasteiger partial charge in [-0.1, -0.05) is 24.6 Å². The molecule has 1 amide bonds. The molecule has 1 heterocycles. The zero-order valence-electron chi connectivity index (χ0n) is 11.3. The summed E-state index contributed by atoms with van der Waals surface area (Å²) in [6.45, 7) is 4.00. The molecule has 0 saturated heterocycles. The second-order valence-corrected chi connectivity index (χ2v) is 5.93. The first-order valence-electron chi connectivity index (χ1n) is 6.28. The van der Waals surface area contributed by atoms with E-state index >= 15 is 0 Å². The topological polar surface area (TPSA) is 41.5 Å². The quantitative estimate of drug-likeness (QED) is 0.672. The fourth-order valence-electron chi connectivity index (χ4n) is 1.61. The monoisotopic (exact) mass is 306 g/mol. The summed E-state index contributed by atoms with van der Waals surface area (Å²) < 4.78 is 0. The summed E-state index contributed by atoms with van der Waals surface area (Å²) in [6, 6.07) is 9.23. The van der Waals surface area contributed by atoms with Crippen LogP contribution in [0.5, 0.6) is 0 Å². The smallest absolute Gasteiger partial charge is 0.267 e. The fraction of sp³-hybridized carbons (Fsp3) is 0.200. The lowest BCUT2D eigenvalue weighted by Crippen LogP contribution is -2.17. The second kappa shape index (κ2) is 6.68. The molecule has 0 unspecified atom stereocenters. The van der Waals surface area contributed by atoms with E-state index in [0.29, 0.717) is 10.6 Å². The highest BCUT2D eigenvalue weighted by atomic mass is 35.5. The first-order chi connectivity index (χ1) is 9.60. The van der Waals surface area contributed by atoms with Gasteiger partial charge < -0.3 is 0 Å². The second-order valence-electron chi connectivity index (χ2n) is 4.32. The molecular weight excluding hydrogens is 292 g/mol. The van der Waals surface area contributed by atoms with Gasteiger partial charge in [0.2, 0.25) is 0 Å². The minimum absolute atomic E-state index is 0.268. The number of thiophene rings is 1. The zero-order valence-corrected chi connectivity index (χ0v) is 12.9. The Morgan fingerprint density at radius 2 is 2.20 bits per heavy atom. The van der Waals surface area contributed by atoms with Crippen molar-refractivity contribution in [2.24, 2.45) is 5.10 Å². The Morgan fingerprint density at radius 3 is 2.85 bits per heavy atom. The maximum Gasteiger partial charge on any atom is 0.271 e. The van der Waals surface area contributed by atoms with E-state index in [1.807, 2.05) is 19.1 Å². The van der Waals surface area contributed by atoms with E-state index in [1.165, 1.54) is 4.88 Å². The van der Waals surface area contributed by atoms with Crippen molar-refractivity contribution in [2.45, 2.75) is 20.3 Å². The number of amides is 1. The normalized spacial score (nSPS) is 10.9. The van der Waals surface area contributed by atoms with Gasteiger partial charge in [0.1, 0.15) is 0 Å². The lowest BCUT2D eigenvalue weighted by Gasteiger charge is -2.02. The van der Waals surface area contributed by atoms with Crippen LogP contribution in [-0.2, 0) is 6.42 Å². The number of nitrogens with zero attached hydrogens (tertiary/aromatic N) is 1. The Hall–Kier alpha value is -1.65. The zero-order chi connectivity index (χ0) is 14.5. The van der Waals surface area contributed by atoms with E-state index in [9.17, 15) is 4.79 Å². The van der Waals surface area contributed by atoms with E-state index in [1.54, 1.807) is 29.7 Å². The number of hydrazone groups is 1. The number of carbonyl (C=O) groups excluding carboxylic acids is 1. The van der Waals surface area contributed by atoms with Gasteiger partial charge in [0.15, 0.2) is 0 Å². The minimum Gasteiger partial charge on any atom is -0.267 e. The molecule has 5 heteroatoms. The van der Waals surface area contributed by atoms with E-state index < -0.39 is 0 Å². The number of hydrogen-bond donors (Lipinski definition) is 1. The van der Waals surface area contributed by atoms with Gasteiger partial charge in [0.05, 0.1) is 6.21 Å². The highest BCUT2D eigenvalue weighted by molar-refractivity contribution is 7.13. The highest BCUT2D eigenvalue weighted by Gasteiger charge is 2.06. The molecule has 2 aromatic rings. The molecule has 0 aliphatic heterocycles. The Labute approximate surface area is 127 Å². The molecule has 0 spiro atoms. The van der Waals surface area contributed by atoms with Crippen LogP contribution in [0.2, 0.25) is 5.02 Å². The van der Waals surface area contributed by atoms with Crippen LogP contribution in [0.3, 0.4) is 0 Å². The van der Waals surface area contributed by atoms with Crippen molar-refractivity contribution in [3.63, 3.8) is 0 Å². The SMILES string of the molecule is CCc1ccc(/C=N\NC(=O)c2ccc(C)c(Cl)c2)s1. The molecule has 2 rings (SSSR count). The van der Waals surface area contributed by atoms with E-state index in [4.69, 9.17) is 11.6 Å². The van der Waals surface area contributed by atoms with Crippen LogP contribution >= 0.6 is 22.9 Å². The average molecular weight is 307 g/mol. The Bertz CT molecular complexity index is 649. The molecular formula is C15H15ClN2OS. The summed E-state index contributed by atoms with van der Waals surface area (Å²) >= 11 is 7.65. The lowest BCUT2D eigenvalue weighted by atomic mass is 10.1. The van der Waals surface area contributed by atoms with E-state index in [-0.39, 0.29) is 5.91 Å². The van der Waals surface area contributed by atoms with Crippen LogP contribution < -0.4 is 5.43 Å². The summed E-state index contributed by atoms with van der Waals surface area (Å²) in [7, 11) is 0. The number of carbonyl (C=O) groups is 1. The largest absolute Gasteiger partial charge is 0.271 e. The molecule has 0 saturated carbocycles. The van der Waals surface area contributed by atoms with Gasteiger partial charge in [-0.15, -0.1) is 11.3 Å². The van der Waals surface area contributed by atoms with Crippen molar-refractivity contribution in [1.29, 1.82) is 0 Å². The summed E-state index contributed by atoms with van der Waals surface area (Å²) in [5, 5.41) is 4.54. The molecule has 0 atom stereocenters. The molecule has 1 aromatic carbocycles. The molecule has 20 heavy (non-hydrogen) atoms. The number of halogens is 1. The number of aryl methyl sites for hydroxylation is 2. The van der Waals surface area contributed by atoms with Crippen LogP contribution in [-0.4, -0.2) is 12.1 Å². The van der Waals surface area contributed by atoms with Gasteiger partial charge in [-0.05, 0) is 43.2 Å². The van der Waals surface area contributed by atoms with Crippen molar-refractivity contribution in [1.82, 2.24) is 5.43 Å². The van der Waals surface area contributed by atoms with Gasteiger partial charge >= 0.3 is 0 Å². The molecule has 3 nitrogen and oxygen atoms in total. The maximum atomic E-state index is 11.9. The van der Waals surface area contributed by atoms with Gasteiger partial charge in [-0.3, -0.25) is 4.79 Å². The molecule has 0 fully saturated rings. The van der Waals surface area contributed by atoms with E-state index in [0.717, 1.165) is 16.9 Å². The molecule has 0 aliphatic rings. The van der Waals surface area contributed by atoms with Crippen LogP contribution in [0, 0.1) is 6.92 Å². The number of rotatable bonds is 4. The maximum absolute atomic E-state index is 11.9. The summed E-state index contributed by atoms with van der Waals surface area (Å²) in [5.41, 5.74) is 3.94. The van der Waals surface area contributed by atoms with Crippen molar-refractivity contribution < 1.29 is 4.79 Å². The fourth-order valence-corrected chi connectivity index (χ4v) is 2.61. The van der Waals surface area contributed by atoms with Crippen LogP contribution in [0.25, 0.3) is 0 Å². The van der Waals surface area contributed by atoms with Gasteiger partial charge in [-0.2, -0.15) is 5.10 Å². The number of nitrogens with one attached hydrogen (secondary N) is 1. The Balaban J connectivity index is 1.99. The third kappa shape index (κ3) is 3.68. The Morgan fingerprint density at radius 1 is 1.40 bits per heavy atom. The van der Waals surface area contributed by atoms with Crippen LogP contribution in [0.4, 0.5) is 0 Å². The van der Waals surface area contributed by atoms with E-state index in [2.05, 4.69) is 23.5 Å². The predicted octanol–water partition coefficient (Wildman–Crippen LogP) is 4.04. The van der Waals surface area contributed by atoms with Crippen molar-refractivity contribution in [3.05, 3.63) is 56.2 Å². The first-order valence-corrected chi connectivity index (χ1v) is 7.48. The average Bonchev–Trinajstić information content (AvgIpc) is 2.89. The first kappa shape index (κ1) is 14.8. The highest BCUT2D eigenvalue weighted by Crippen LogP contribution is 2.17. The molecule has 1 aromatic heterocycles. The Kier molecular flexibility index (Phi) is 4.93. The van der Waals surface area contributed by atoms with Crippen LogP contribution in [0.1, 0.15) is 32.6 Å². The predicted molar refractivity (Wildman–Crippen MR) is 84.9 cm³/mol. The third-order valence-corrected chi connectivity index (χ3v) is 4.39. The molecule has 0 radical (unpaired) electrons. The lowest BCUT2D eigenvalue weighted by molar-refractivity contribution is 0.0955. The minimum atomic E-state index is -0.268. The van der Waals surface area contributed by atoms with Crippen LogP contribution in [0.15, 0.2) is 35.4 Å². The van der Waals surface area contributed by atoms with Gasteiger partial charge in [0, 0.05) is 20.3 Å². The van der Waals surface area contributed by atoms with Crippen molar-refractivity contribution in [3.8, 4) is 0 Å². The molecule has 0 bridgehead atoms. The molecule has 1 N–H and O–H groups in total. The summed E-state index contributed by atoms with van der Waals surface area (Å²) in [4.78, 5) is 14.2. The summed E-state index contributed by atoms with van der Waals surface area (Å²) in [5.74, 6) is -0.268. The summed E-state index contributed by atoms with van der Waals surface area (Å²) in [6.07, 6.45) is 2.66. The van der Waals surface area contributed by atoms with Gasteiger partial charge in [0.25, 0.3) is 5.91 Å². The number of hydrogen-bond acceptors (Lipinski definition) is 3. The third-order valence-electron chi connectivity index (χ3n) is 2.82. The standard InChI is InChI=1S/C15H15ClN2OS/c1-3-12-6-7-13(20-12)9-17-18-15(19)11-5-4-10(2)14(16)8-11/h4-9H,3H2,1-2H3,(H,18,19)/b17-9-. The molecule has 104 valence electrons. The number of benzene rings is 1. The van der Waals surface area contributed by atoms with Gasteiger partial charge in [-0.25, -0.2) is 5.43 Å². The van der Waals surface area contributed by atoms with Crippen molar-refractivity contribution in [2.75, 3.05) is 0 Å². The molecule has 0 aliphatic carbocycles. The van der Waals surface area contributed by atoms with Crippen molar-refractivity contribution >= 4 is 35.1 Å².